The van der Waals surface area contributed by atoms with Crippen LogP contribution in [0.3, 0.4) is 0 Å². The van der Waals surface area contributed by atoms with E-state index in [9.17, 15) is 9.59 Å². The van der Waals surface area contributed by atoms with Crippen LogP contribution in [0.25, 0.3) is 0 Å². The van der Waals surface area contributed by atoms with Crippen LogP contribution in [0.4, 0.5) is 5.69 Å². The van der Waals surface area contributed by atoms with E-state index in [1.165, 1.54) is 6.07 Å². The van der Waals surface area contributed by atoms with E-state index in [1.54, 1.807) is 30.3 Å². The number of anilines is 1. The van der Waals surface area contributed by atoms with Gasteiger partial charge >= 0.3 is 0 Å². The number of hydrogen-bond donors (Lipinski definition) is 2. The Morgan fingerprint density at radius 2 is 1.67 bits per heavy atom. The van der Waals surface area contributed by atoms with E-state index in [2.05, 4.69) is 15.5 Å². The molecule has 0 aliphatic heterocycles. The van der Waals surface area contributed by atoms with Crippen molar-refractivity contribution in [3.05, 3.63) is 62.6 Å². The van der Waals surface area contributed by atoms with E-state index in [1.807, 2.05) is 14.1 Å². The normalized spacial score (nSPS) is 18.8. The van der Waals surface area contributed by atoms with Crippen LogP contribution in [0, 0.1) is 5.92 Å². The molecule has 3 rings (SSSR count). The molecule has 0 radical (unpaired) electrons. The van der Waals surface area contributed by atoms with Crippen LogP contribution in [0.15, 0.2) is 36.4 Å². The predicted octanol–water partition coefficient (Wildman–Crippen LogP) is 6.24. The number of rotatable bonds is 9. The van der Waals surface area contributed by atoms with Crippen molar-refractivity contribution in [2.24, 2.45) is 5.92 Å². The van der Waals surface area contributed by atoms with Crippen molar-refractivity contribution in [1.29, 1.82) is 0 Å². The topological polar surface area (TPSA) is 61.4 Å². The smallest absolute Gasteiger partial charge is 0.252 e. The molecule has 0 bridgehead atoms. The van der Waals surface area contributed by atoms with Gasteiger partial charge in [-0.2, -0.15) is 0 Å². The van der Waals surface area contributed by atoms with E-state index in [0.29, 0.717) is 32.9 Å². The Morgan fingerprint density at radius 3 is 2.30 bits per heavy atom. The lowest BCUT2D eigenvalue weighted by molar-refractivity contribution is -0.117. The highest BCUT2D eigenvalue weighted by atomic mass is 35.5. The second kappa shape index (κ2) is 11.0. The van der Waals surface area contributed by atoms with Gasteiger partial charge < -0.3 is 15.5 Å². The fourth-order valence-corrected chi connectivity index (χ4v) is 5.24. The first-order valence-electron chi connectivity index (χ1n) is 10.4. The third kappa shape index (κ3) is 6.68. The van der Waals surface area contributed by atoms with Crippen LogP contribution in [-0.2, 0) is 4.79 Å². The van der Waals surface area contributed by atoms with Crippen LogP contribution in [0.1, 0.15) is 34.7 Å². The number of amides is 2. The Kier molecular flexibility index (Phi) is 8.82. The zero-order valence-electron chi connectivity index (χ0n) is 18.1. The molecule has 2 N–H and O–H groups in total. The molecule has 178 valence electrons. The van der Waals surface area contributed by atoms with E-state index < -0.39 is 16.2 Å². The second-order valence-corrected chi connectivity index (χ2v) is 11.0. The van der Waals surface area contributed by atoms with Crippen molar-refractivity contribution in [3.8, 4) is 0 Å². The number of alkyl halides is 2. The largest absolute Gasteiger partial charge is 0.352 e. The summed E-state index contributed by atoms with van der Waals surface area (Å²) in [4.78, 5) is 27.6. The maximum atomic E-state index is 12.9. The third-order valence-corrected chi connectivity index (χ3v) is 7.08. The van der Waals surface area contributed by atoms with Crippen molar-refractivity contribution in [2.45, 2.75) is 23.1 Å². The van der Waals surface area contributed by atoms with Gasteiger partial charge in [-0.15, -0.1) is 23.2 Å². The minimum Gasteiger partial charge on any atom is -0.352 e. The molecule has 2 atom stereocenters. The highest BCUT2D eigenvalue weighted by molar-refractivity contribution is 6.53. The summed E-state index contributed by atoms with van der Waals surface area (Å²) in [6.45, 7) is 1.48. The number of nitrogens with one attached hydrogen (secondary N) is 2. The maximum Gasteiger partial charge on any atom is 0.252 e. The van der Waals surface area contributed by atoms with Crippen LogP contribution in [0.5, 0.6) is 0 Å². The fraction of sp³-hybridized carbons (Fsp3) is 0.391. The number of benzene rings is 2. The Bertz CT molecular complexity index is 1020. The number of carbonyl (C=O) groups is 2. The molecule has 0 spiro atoms. The number of hydrogen-bond acceptors (Lipinski definition) is 3. The molecule has 2 amide bonds. The first-order valence-corrected chi connectivity index (χ1v) is 12.3. The number of unbranched alkanes of at least 4 members (excludes halogenated alkanes) is 1. The quantitative estimate of drug-likeness (QED) is 0.286. The minimum absolute atomic E-state index is 0.277. The van der Waals surface area contributed by atoms with Crippen LogP contribution >= 0.6 is 58.0 Å². The summed E-state index contributed by atoms with van der Waals surface area (Å²) >= 11 is 31.2. The average Bonchev–Trinajstić information content (AvgIpc) is 3.30. The number of halogens is 5. The first kappa shape index (κ1) is 26.4. The van der Waals surface area contributed by atoms with Crippen molar-refractivity contribution >= 4 is 75.5 Å². The molecule has 1 saturated carbocycles. The molecule has 5 nitrogen and oxygen atoms in total. The van der Waals surface area contributed by atoms with Gasteiger partial charge in [-0.05, 0) is 75.4 Å². The summed E-state index contributed by atoms with van der Waals surface area (Å²) < 4.78 is -1.29. The molecule has 10 heteroatoms. The molecule has 1 aliphatic carbocycles. The molecule has 0 saturated heterocycles. The lowest BCUT2D eigenvalue weighted by atomic mass is 10.1. The molecule has 2 aromatic rings. The zero-order chi connectivity index (χ0) is 24.3. The first-order chi connectivity index (χ1) is 15.5. The standard InChI is InChI=1S/C23H24Cl5N3O2/c1-31(2)8-4-3-7-29-21(32)17-12-16(5-6-18(17)26)30-22(33)20-19(23(20,27)28)13-9-14(24)11-15(25)10-13/h5-6,9-12,19-20H,3-4,7-8H2,1-2H3,(H,29,32)(H,30,33)/t19-,20+/m1/s1. The maximum absolute atomic E-state index is 12.9. The summed E-state index contributed by atoms with van der Waals surface area (Å²) in [5.41, 5.74) is 1.38. The molecular weight excluding hydrogens is 528 g/mol. The third-order valence-electron chi connectivity index (χ3n) is 5.38. The Labute approximate surface area is 218 Å². The predicted molar refractivity (Wildman–Crippen MR) is 137 cm³/mol. The van der Waals surface area contributed by atoms with Crippen molar-refractivity contribution < 1.29 is 9.59 Å². The second-order valence-electron chi connectivity index (χ2n) is 8.28. The highest BCUT2D eigenvalue weighted by Gasteiger charge is 2.67. The van der Waals surface area contributed by atoms with Crippen LogP contribution in [0.2, 0.25) is 15.1 Å². The van der Waals surface area contributed by atoms with Gasteiger partial charge in [0.25, 0.3) is 5.91 Å². The lowest BCUT2D eigenvalue weighted by Gasteiger charge is -2.11. The van der Waals surface area contributed by atoms with Crippen LogP contribution in [-0.4, -0.2) is 48.2 Å². The summed E-state index contributed by atoms with van der Waals surface area (Å²) in [7, 11) is 4.01. The van der Waals surface area contributed by atoms with Crippen LogP contribution < -0.4 is 10.6 Å². The Morgan fingerprint density at radius 1 is 1.00 bits per heavy atom. The van der Waals surface area contributed by atoms with Gasteiger partial charge in [0, 0.05) is 28.2 Å². The summed E-state index contributed by atoms with van der Waals surface area (Å²) in [5.74, 6) is -1.85. The fourth-order valence-electron chi connectivity index (χ4n) is 3.67. The van der Waals surface area contributed by atoms with Gasteiger partial charge in [-0.3, -0.25) is 9.59 Å². The van der Waals surface area contributed by atoms with Gasteiger partial charge in [0.1, 0.15) is 4.33 Å². The van der Waals surface area contributed by atoms with E-state index in [-0.39, 0.29) is 17.4 Å². The summed E-state index contributed by atoms with van der Waals surface area (Å²) in [5, 5.41) is 6.80. The number of nitrogens with zero attached hydrogens (tertiary/aromatic N) is 1. The Balaban J connectivity index is 1.65. The molecule has 33 heavy (non-hydrogen) atoms. The van der Waals surface area contributed by atoms with E-state index >= 15 is 0 Å². The SMILES string of the molecule is CN(C)CCCCNC(=O)c1cc(NC(=O)[C@@H]2[C@@H](c3cc(Cl)cc(Cl)c3)C2(Cl)Cl)ccc1Cl. The summed E-state index contributed by atoms with van der Waals surface area (Å²) in [6.07, 6.45) is 1.82. The Hall–Kier alpha value is -1.21. The molecule has 0 aromatic heterocycles. The van der Waals surface area contributed by atoms with Gasteiger partial charge in [0.2, 0.25) is 5.91 Å². The van der Waals surface area contributed by atoms with E-state index in [0.717, 1.165) is 19.4 Å². The monoisotopic (exact) mass is 549 g/mol. The molecule has 1 fully saturated rings. The highest BCUT2D eigenvalue weighted by Crippen LogP contribution is 2.65. The molecule has 0 heterocycles. The lowest BCUT2D eigenvalue weighted by Crippen LogP contribution is -2.26. The van der Waals surface area contributed by atoms with E-state index in [4.69, 9.17) is 58.0 Å². The molecule has 1 aliphatic rings. The molecular formula is C23H24Cl5N3O2. The van der Waals surface area contributed by atoms with Crippen molar-refractivity contribution in [3.63, 3.8) is 0 Å². The van der Waals surface area contributed by atoms with Gasteiger partial charge in [0.15, 0.2) is 0 Å². The van der Waals surface area contributed by atoms with Gasteiger partial charge in [-0.25, -0.2) is 0 Å². The minimum atomic E-state index is -1.29. The molecule has 2 aromatic carbocycles. The van der Waals surface area contributed by atoms with Gasteiger partial charge in [-0.1, -0.05) is 34.8 Å². The van der Waals surface area contributed by atoms with Crippen molar-refractivity contribution in [2.75, 3.05) is 32.5 Å². The average molecular weight is 552 g/mol. The van der Waals surface area contributed by atoms with Gasteiger partial charge in [0.05, 0.1) is 16.5 Å². The molecule has 0 unspecified atom stereocenters. The zero-order valence-corrected chi connectivity index (χ0v) is 21.9. The number of carbonyl (C=O) groups excluding carboxylic acids is 2. The summed E-state index contributed by atoms with van der Waals surface area (Å²) in [6, 6.07) is 9.69. The van der Waals surface area contributed by atoms with Crippen molar-refractivity contribution in [1.82, 2.24) is 10.2 Å².